The molecule has 0 saturated heterocycles. The van der Waals surface area contributed by atoms with Crippen molar-refractivity contribution in [2.75, 3.05) is 5.75 Å². The molecule has 0 fully saturated rings. The monoisotopic (exact) mass is 525 g/mol. The highest BCUT2D eigenvalue weighted by molar-refractivity contribution is 7.91. The van der Waals surface area contributed by atoms with Gasteiger partial charge >= 0.3 is 12.4 Å². The molecule has 0 aromatic carbocycles. The molecule has 3 rings (SSSR count). The van der Waals surface area contributed by atoms with Crippen molar-refractivity contribution < 1.29 is 39.6 Å². The number of hydrogen-bond donors (Lipinski definition) is 0. The van der Waals surface area contributed by atoms with Gasteiger partial charge in [-0.3, -0.25) is 9.78 Å². The van der Waals surface area contributed by atoms with Crippen LogP contribution in [0.25, 0.3) is 11.3 Å². The molecule has 16 heteroatoms. The van der Waals surface area contributed by atoms with Crippen LogP contribution in [0.3, 0.4) is 0 Å². The van der Waals surface area contributed by atoms with Crippen molar-refractivity contribution in [2.24, 2.45) is 12.0 Å². The number of carbonyl (C=O) groups is 1. The van der Waals surface area contributed by atoms with E-state index in [4.69, 9.17) is 0 Å². The minimum absolute atomic E-state index is 0.00000277. The van der Waals surface area contributed by atoms with Crippen molar-refractivity contribution >= 4 is 27.1 Å². The highest BCUT2D eigenvalue weighted by atomic mass is 32.2. The molecule has 1 amide bonds. The minimum Gasteiger partial charge on any atom is -0.265 e. The zero-order valence-corrected chi connectivity index (χ0v) is 18.8. The van der Waals surface area contributed by atoms with Crippen molar-refractivity contribution in [1.29, 1.82) is 0 Å². The molecule has 182 valence electrons. The van der Waals surface area contributed by atoms with Gasteiger partial charge in [-0.15, -0.1) is 0 Å². The van der Waals surface area contributed by atoms with Gasteiger partial charge < -0.3 is 0 Å². The molecule has 0 saturated carbocycles. The van der Waals surface area contributed by atoms with Crippen molar-refractivity contribution in [3.8, 4) is 11.3 Å². The molecule has 0 aliphatic rings. The molecule has 0 radical (unpaired) electrons. The Kier molecular flexibility index (Phi) is 6.67. The van der Waals surface area contributed by atoms with Crippen LogP contribution in [0.1, 0.15) is 28.0 Å². The van der Waals surface area contributed by atoms with Crippen LogP contribution in [0.2, 0.25) is 0 Å². The number of halogens is 6. The molecular weight excluding hydrogens is 512 g/mol. The first-order valence-electron chi connectivity index (χ1n) is 9.10. The van der Waals surface area contributed by atoms with Crippen molar-refractivity contribution in [2.45, 2.75) is 24.2 Å². The number of rotatable bonds is 4. The van der Waals surface area contributed by atoms with Gasteiger partial charge in [0.25, 0.3) is 5.91 Å². The first-order valence-corrected chi connectivity index (χ1v) is 11.6. The molecule has 3 heterocycles. The fraction of sp³-hybridized carbons (Fsp3) is 0.278. The summed E-state index contributed by atoms with van der Waals surface area (Å²) in [5.41, 5.74) is -1.74. The number of carbonyl (C=O) groups excluding carboxylic acids is 1. The van der Waals surface area contributed by atoms with E-state index in [0.29, 0.717) is 10.9 Å². The molecule has 3 aromatic rings. The minimum atomic E-state index is -4.77. The number of sulfone groups is 1. The summed E-state index contributed by atoms with van der Waals surface area (Å²) in [7, 11) is -2.99. The van der Waals surface area contributed by atoms with Gasteiger partial charge in [0.1, 0.15) is 5.69 Å². The maximum atomic E-state index is 12.9. The van der Waals surface area contributed by atoms with Crippen LogP contribution in [0.4, 0.5) is 26.3 Å². The van der Waals surface area contributed by atoms with Crippen LogP contribution >= 0.6 is 11.3 Å². The summed E-state index contributed by atoms with van der Waals surface area (Å²) >= 11 is 0.0721. The molecule has 0 aliphatic carbocycles. The standard InChI is InChI=1S/C18H13F6N5O3S2/c1-3-34(31,32)12-6-9(11-5-4-10(8-25-11)17(19,20)21)7-26-13(12)14(30)27-16-29(2)28-15(33-16)18(22,23)24/h4-8H,3H2,1-2H3. The summed E-state index contributed by atoms with van der Waals surface area (Å²) in [6, 6.07) is 2.74. The number of pyridine rings is 2. The Morgan fingerprint density at radius 1 is 1.09 bits per heavy atom. The molecule has 0 aliphatic heterocycles. The van der Waals surface area contributed by atoms with Crippen molar-refractivity contribution in [3.05, 3.63) is 51.7 Å². The second-order valence-electron chi connectivity index (χ2n) is 6.63. The van der Waals surface area contributed by atoms with Gasteiger partial charge in [0.05, 0.1) is 21.9 Å². The number of nitrogens with zero attached hydrogens (tertiary/aromatic N) is 5. The molecule has 8 nitrogen and oxygen atoms in total. The lowest BCUT2D eigenvalue weighted by atomic mass is 10.1. The number of hydrogen-bond acceptors (Lipinski definition) is 7. The van der Waals surface area contributed by atoms with Gasteiger partial charge in [0.2, 0.25) is 9.81 Å². The van der Waals surface area contributed by atoms with Crippen LogP contribution < -0.4 is 4.80 Å². The third kappa shape index (κ3) is 5.32. The zero-order valence-electron chi connectivity index (χ0n) is 17.1. The molecule has 0 bridgehead atoms. The zero-order chi connectivity index (χ0) is 25.5. The fourth-order valence-corrected chi connectivity index (χ4v) is 4.38. The smallest absolute Gasteiger partial charge is 0.265 e. The molecule has 0 unspecified atom stereocenters. The Bertz CT molecular complexity index is 1410. The second-order valence-corrected chi connectivity index (χ2v) is 9.83. The van der Waals surface area contributed by atoms with E-state index in [2.05, 4.69) is 20.1 Å². The van der Waals surface area contributed by atoms with Crippen LogP contribution in [-0.4, -0.2) is 39.8 Å². The topological polar surface area (TPSA) is 107 Å². The van der Waals surface area contributed by atoms with E-state index in [1.165, 1.54) is 6.92 Å². The van der Waals surface area contributed by atoms with Crippen molar-refractivity contribution in [3.63, 3.8) is 0 Å². The quantitative estimate of drug-likeness (QED) is 0.483. The van der Waals surface area contributed by atoms with Gasteiger partial charge in [0, 0.05) is 25.0 Å². The maximum absolute atomic E-state index is 12.9. The summed E-state index contributed by atoms with van der Waals surface area (Å²) in [6.07, 6.45) is -7.85. The predicted octanol–water partition coefficient (Wildman–Crippen LogP) is 3.51. The average Bonchev–Trinajstić information content (AvgIpc) is 3.13. The van der Waals surface area contributed by atoms with Gasteiger partial charge in [-0.1, -0.05) is 18.3 Å². The van der Waals surface area contributed by atoms with Crippen LogP contribution in [0, 0.1) is 0 Å². The van der Waals surface area contributed by atoms with E-state index >= 15 is 0 Å². The number of aromatic nitrogens is 4. The van der Waals surface area contributed by atoms with E-state index in [-0.39, 0.29) is 22.6 Å². The Balaban J connectivity index is 2.10. The summed E-state index contributed by atoms with van der Waals surface area (Å²) < 4.78 is 103. The lowest BCUT2D eigenvalue weighted by molar-refractivity contribution is -0.139. The summed E-state index contributed by atoms with van der Waals surface area (Å²) in [4.78, 5) is 22.6. The van der Waals surface area contributed by atoms with E-state index in [0.717, 1.165) is 31.4 Å². The Morgan fingerprint density at radius 3 is 2.26 bits per heavy atom. The lowest BCUT2D eigenvalue weighted by Crippen LogP contribution is -2.18. The SMILES string of the molecule is CCS(=O)(=O)c1cc(-c2ccc(C(F)(F)F)cn2)cnc1C(=O)N=c1sc(C(F)(F)F)nn1C. The Hall–Kier alpha value is -3.14. The van der Waals surface area contributed by atoms with E-state index in [9.17, 15) is 39.6 Å². The summed E-state index contributed by atoms with van der Waals surface area (Å²) in [5, 5.41) is 1.97. The highest BCUT2D eigenvalue weighted by Gasteiger charge is 2.36. The summed E-state index contributed by atoms with van der Waals surface area (Å²) in [5.74, 6) is -1.71. The molecule has 34 heavy (non-hydrogen) atoms. The largest absolute Gasteiger partial charge is 0.445 e. The van der Waals surface area contributed by atoms with Gasteiger partial charge in [-0.05, 0) is 18.2 Å². The van der Waals surface area contributed by atoms with Gasteiger partial charge in [-0.25, -0.2) is 18.1 Å². The third-order valence-corrected chi connectivity index (χ3v) is 7.09. The molecule has 0 N–H and O–H groups in total. The second kappa shape index (κ2) is 8.90. The summed E-state index contributed by atoms with van der Waals surface area (Å²) in [6.45, 7) is 1.28. The fourth-order valence-electron chi connectivity index (χ4n) is 2.57. The van der Waals surface area contributed by atoms with Crippen LogP contribution in [-0.2, 0) is 29.2 Å². The number of alkyl halides is 6. The molecule has 3 aromatic heterocycles. The van der Waals surface area contributed by atoms with Crippen molar-refractivity contribution in [1.82, 2.24) is 19.7 Å². The number of aryl methyl sites for hydroxylation is 1. The number of amides is 1. The van der Waals surface area contributed by atoms with E-state index in [1.807, 2.05) is 0 Å². The van der Waals surface area contributed by atoms with Gasteiger partial charge in [0.15, 0.2) is 9.84 Å². The molecule has 0 atom stereocenters. The van der Waals surface area contributed by atoms with Crippen LogP contribution in [0.5, 0.6) is 0 Å². The predicted molar refractivity (Wildman–Crippen MR) is 106 cm³/mol. The maximum Gasteiger partial charge on any atom is 0.445 e. The molecule has 0 spiro atoms. The third-order valence-electron chi connectivity index (χ3n) is 4.30. The van der Waals surface area contributed by atoms with E-state index < -0.39 is 59.8 Å². The van der Waals surface area contributed by atoms with Crippen LogP contribution in [0.15, 0.2) is 40.5 Å². The Morgan fingerprint density at radius 2 is 1.76 bits per heavy atom. The first kappa shape index (κ1) is 25.5. The van der Waals surface area contributed by atoms with E-state index in [1.54, 1.807) is 0 Å². The van der Waals surface area contributed by atoms with Gasteiger partial charge in [-0.2, -0.15) is 36.4 Å². The highest BCUT2D eigenvalue weighted by Crippen LogP contribution is 2.31. The first-order chi connectivity index (χ1) is 15.6. The Labute approximate surface area is 191 Å². The average molecular weight is 525 g/mol. The molecular formula is C18H13F6N5O3S2. The lowest BCUT2D eigenvalue weighted by Gasteiger charge is -2.10. The normalized spacial score (nSPS) is 13.4.